The van der Waals surface area contributed by atoms with Gasteiger partial charge in [0.1, 0.15) is 0 Å². The first kappa shape index (κ1) is 19.7. The Morgan fingerprint density at radius 3 is 2.48 bits per heavy atom. The third-order valence-corrected chi connectivity index (χ3v) is 5.37. The number of rotatable bonds is 6. The molecule has 2 fully saturated rings. The number of nitrogens with zero attached hydrogens (tertiary/aromatic N) is 3. The van der Waals surface area contributed by atoms with Crippen LogP contribution in [0.4, 0.5) is 0 Å². The monoisotopic (exact) mass is 372 g/mol. The second-order valence-electron chi connectivity index (χ2n) is 7.28. The molecule has 6 heteroatoms. The van der Waals surface area contributed by atoms with E-state index in [4.69, 9.17) is 4.74 Å². The SMILES string of the molecule is CCOC1CCN(C(=NC)NCc2ccc(CN3CCCC3=O)cc2)CC1. The summed E-state index contributed by atoms with van der Waals surface area (Å²) in [6.07, 6.45) is 4.18. The van der Waals surface area contributed by atoms with Crippen molar-refractivity contribution in [2.75, 3.05) is 33.3 Å². The zero-order chi connectivity index (χ0) is 19.1. The van der Waals surface area contributed by atoms with Gasteiger partial charge in [-0.25, -0.2) is 0 Å². The van der Waals surface area contributed by atoms with Crippen molar-refractivity contribution in [1.29, 1.82) is 0 Å². The standard InChI is InChI=1S/C21H32N4O2/c1-3-27-19-10-13-24(14-11-19)21(22-2)23-15-17-6-8-18(9-7-17)16-25-12-4-5-20(25)26/h6-9,19H,3-5,10-16H2,1-2H3,(H,22,23). The van der Waals surface area contributed by atoms with Crippen LogP contribution in [-0.4, -0.2) is 61.1 Å². The Kier molecular flexibility index (Phi) is 7.10. The Morgan fingerprint density at radius 2 is 1.89 bits per heavy atom. The predicted molar refractivity (Wildman–Crippen MR) is 108 cm³/mol. The molecule has 2 heterocycles. The third-order valence-electron chi connectivity index (χ3n) is 5.37. The lowest BCUT2D eigenvalue weighted by molar-refractivity contribution is -0.128. The fraction of sp³-hybridized carbons (Fsp3) is 0.619. The van der Waals surface area contributed by atoms with Crippen LogP contribution in [0, 0.1) is 0 Å². The minimum Gasteiger partial charge on any atom is -0.378 e. The van der Waals surface area contributed by atoms with Crippen LogP contribution in [0.2, 0.25) is 0 Å². The van der Waals surface area contributed by atoms with E-state index < -0.39 is 0 Å². The van der Waals surface area contributed by atoms with Crippen LogP contribution in [0.3, 0.4) is 0 Å². The molecule has 0 bridgehead atoms. The highest BCUT2D eigenvalue weighted by Crippen LogP contribution is 2.16. The van der Waals surface area contributed by atoms with Crippen molar-refractivity contribution >= 4 is 11.9 Å². The molecule has 0 aliphatic carbocycles. The number of carbonyl (C=O) groups excluding carboxylic acids is 1. The second kappa shape index (κ2) is 9.74. The van der Waals surface area contributed by atoms with Gasteiger partial charge in [0.15, 0.2) is 5.96 Å². The average Bonchev–Trinajstić information content (AvgIpc) is 3.09. The molecule has 3 rings (SSSR count). The summed E-state index contributed by atoms with van der Waals surface area (Å²) < 4.78 is 5.73. The van der Waals surface area contributed by atoms with Gasteiger partial charge in [-0.05, 0) is 37.3 Å². The van der Waals surface area contributed by atoms with E-state index in [2.05, 4.69) is 46.4 Å². The molecule has 0 radical (unpaired) electrons. The molecule has 0 unspecified atom stereocenters. The molecule has 1 aromatic carbocycles. The summed E-state index contributed by atoms with van der Waals surface area (Å²) in [6.45, 7) is 7.17. The zero-order valence-corrected chi connectivity index (χ0v) is 16.6. The Balaban J connectivity index is 1.46. The van der Waals surface area contributed by atoms with Crippen LogP contribution in [0.5, 0.6) is 0 Å². The Morgan fingerprint density at radius 1 is 1.19 bits per heavy atom. The van der Waals surface area contributed by atoms with E-state index in [0.29, 0.717) is 12.5 Å². The number of nitrogens with one attached hydrogen (secondary N) is 1. The van der Waals surface area contributed by atoms with Crippen molar-refractivity contribution in [1.82, 2.24) is 15.1 Å². The van der Waals surface area contributed by atoms with Gasteiger partial charge in [-0.2, -0.15) is 0 Å². The summed E-state index contributed by atoms with van der Waals surface area (Å²) in [5.41, 5.74) is 2.41. The fourth-order valence-corrected chi connectivity index (χ4v) is 3.84. The Labute approximate surface area is 162 Å². The normalized spacial score (nSPS) is 19.0. The lowest BCUT2D eigenvalue weighted by Crippen LogP contribution is -2.46. The Bertz CT molecular complexity index is 636. The van der Waals surface area contributed by atoms with Crippen molar-refractivity contribution < 1.29 is 9.53 Å². The highest BCUT2D eigenvalue weighted by Gasteiger charge is 2.22. The first-order valence-electron chi connectivity index (χ1n) is 10.1. The van der Waals surface area contributed by atoms with Gasteiger partial charge in [-0.3, -0.25) is 9.79 Å². The summed E-state index contributed by atoms with van der Waals surface area (Å²) in [5, 5.41) is 3.47. The number of ether oxygens (including phenoxy) is 1. The number of hydrogen-bond donors (Lipinski definition) is 1. The minimum atomic E-state index is 0.276. The summed E-state index contributed by atoms with van der Waals surface area (Å²) in [5.74, 6) is 1.23. The van der Waals surface area contributed by atoms with E-state index in [1.54, 1.807) is 0 Å². The second-order valence-corrected chi connectivity index (χ2v) is 7.28. The van der Waals surface area contributed by atoms with E-state index in [1.165, 1.54) is 11.1 Å². The molecule has 148 valence electrons. The molecular weight excluding hydrogens is 340 g/mol. The fourth-order valence-electron chi connectivity index (χ4n) is 3.84. The van der Waals surface area contributed by atoms with Crippen molar-refractivity contribution in [3.05, 3.63) is 35.4 Å². The van der Waals surface area contributed by atoms with E-state index in [-0.39, 0.29) is 5.91 Å². The van der Waals surface area contributed by atoms with Crippen LogP contribution in [0.25, 0.3) is 0 Å². The summed E-state index contributed by atoms with van der Waals surface area (Å²) in [6, 6.07) is 8.52. The maximum Gasteiger partial charge on any atom is 0.222 e. The van der Waals surface area contributed by atoms with E-state index >= 15 is 0 Å². The summed E-state index contributed by atoms with van der Waals surface area (Å²) in [4.78, 5) is 20.4. The first-order chi connectivity index (χ1) is 13.2. The lowest BCUT2D eigenvalue weighted by Gasteiger charge is -2.34. The minimum absolute atomic E-state index is 0.276. The van der Waals surface area contributed by atoms with Crippen LogP contribution in [0.15, 0.2) is 29.3 Å². The predicted octanol–water partition coefficient (Wildman–Crippen LogP) is 2.39. The molecular formula is C21H32N4O2. The van der Waals surface area contributed by atoms with Crippen LogP contribution in [0.1, 0.15) is 43.7 Å². The van der Waals surface area contributed by atoms with E-state index in [9.17, 15) is 4.79 Å². The third kappa shape index (κ3) is 5.45. The number of carbonyl (C=O) groups is 1. The van der Waals surface area contributed by atoms with Gasteiger partial charge in [0.25, 0.3) is 0 Å². The molecule has 1 N–H and O–H groups in total. The molecule has 0 aromatic heterocycles. The van der Waals surface area contributed by atoms with E-state index in [0.717, 1.165) is 64.6 Å². The lowest BCUT2D eigenvalue weighted by atomic mass is 10.1. The number of aliphatic imine (C=N–C) groups is 1. The molecule has 1 aromatic rings. The van der Waals surface area contributed by atoms with E-state index in [1.807, 2.05) is 11.9 Å². The summed E-state index contributed by atoms with van der Waals surface area (Å²) in [7, 11) is 1.84. The maximum atomic E-state index is 11.8. The van der Waals surface area contributed by atoms with Crippen molar-refractivity contribution in [3.63, 3.8) is 0 Å². The topological polar surface area (TPSA) is 57.2 Å². The number of amides is 1. The molecule has 1 amide bonds. The molecule has 2 saturated heterocycles. The van der Waals surface area contributed by atoms with Crippen molar-refractivity contribution in [2.45, 2.75) is 51.8 Å². The molecule has 2 aliphatic heterocycles. The number of piperidine rings is 1. The summed E-state index contributed by atoms with van der Waals surface area (Å²) >= 11 is 0. The van der Waals surface area contributed by atoms with Crippen molar-refractivity contribution in [3.8, 4) is 0 Å². The largest absolute Gasteiger partial charge is 0.378 e. The van der Waals surface area contributed by atoms with Gasteiger partial charge in [-0.15, -0.1) is 0 Å². The number of guanidine groups is 1. The van der Waals surface area contributed by atoms with Crippen LogP contribution >= 0.6 is 0 Å². The number of hydrogen-bond acceptors (Lipinski definition) is 3. The quantitative estimate of drug-likeness (QED) is 0.615. The molecule has 2 aliphatic rings. The molecule has 27 heavy (non-hydrogen) atoms. The Hall–Kier alpha value is -2.08. The molecule has 0 spiro atoms. The maximum absolute atomic E-state index is 11.8. The number of benzene rings is 1. The van der Waals surface area contributed by atoms with Crippen molar-refractivity contribution in [2.24, 2.45) is 4.99 Å². The van der Waals surface area contributed by atoms with Gasteiger partial charge < -0.3 is 19.9 Å². The van der Waals surface area contributed by atoms with Gasteiger partial charge in [0, 0.05) is 52.8 Å². The van der Waals surface area contributed by atoms with Crippen LogP contribution < -0.4 is 5.32 Å². The van der Waals surface area contributed by atoms with Gasteiger partial charge in [0.05, 0.1) is 6.10 Å². The molecule has 6 nitrogen and oxygen atoms in total. The van der Waals surface area contributed by atoms with Gasteiger partial charge >= 0.3 is 0 Å². The number of likely N-dealkylation sites (tertiary alicyclic amines) is 2. The average molecular weight is 373 g/mol. The van der Waals surface area contributed by atoms with Gasteiger partial charge in [-0.1, -0.05) is 24.3 Å². The highest BCUT2D eigenvalue weighted by atomic mass is 16.5. The smallest absolute Gasteiger partial charge is 0.222 e. The highest BCUT2D eigenvalue weighted by molar-refractivity contribution is 5.80. The molecule has 0 atom stereocenters. The van der Waals surface area contributed by atoms with Crippen LogP contribution in [-0.2, 0) is 22.6 Å². The molecule has 0 saturated carbocycles. The zero-order valence-electron chi connectivity index (χ0n) is 16.6. The first-order valence-corrected chi connectivity index (χ1v) is 10.1. The van der Waals surface area contributed by atoms with Gasteiger partial charge in [0.2, 0.25) is 5.91 Å².